The molecule has 0 atom stereocenters. The summed E-state index contributed by atoms with van der Waals surface area (Å²) >= 11 is 0. The molecular weight excluding hydrogens is 303 g/mol. The van der Waals surface area contributed by atoms with Crippen LogP contribution in [0.5, 0.6) is 5.75 Å². The van der Waals surface area contributed by atoms with Crippen LogP contribution in [0.2, 0.25) is 0 Å². The fraction of sp³-hybridized carbons (Fsp3) is 0.333. The maximum Gasteiger partial charge on any atom is 0.133 e. The zero-order valence-electron chi connectivity index (χ0n) is 12.9. The molecule has 1 saturated heterocycles. The molecule has 0 bridgehead atoms. The quantitative estimate of drug-likeness (QED) is 0.838. The molecule has 0 unspecified atom stereocenters. The fourth-order valence-corrected chi connectivity index (χ4v) is 2.84. The van der Waals surface area contributed by atoms with E-state index in [1.807, 2.05) is 7.05 Å². The summed E-state index contributed by atoms with van der Waals surface area (Å²) in [5, 5.41) is 0. The van der Waals surface area contributed by atoms with Crippen LogP contribution in [0.15, 0.2) is 36.4 Å². The van der Waals surface area contributed by atoms with E-state index in [0.29, 0.717) is 5.75 Å². The highest BCUT2D eigenvalue weighted by Gasteiger charge is 2.19. The van der Waals surface area contributed by atoms with Crippen LogP contribution in [0, 0.1) is 17.5 Å². The average molecular weight is 321 g/mol. The van der Waals surface area contributed by atoms with Crippen LogP contribution in [0.1, 0.15) is 12.8 Å². The van der Waals surface area contributed by atoms with Gasteiger partial charge in [-0.05, 0) is 49.7 Å². The predicted molar refractivity (Wildman–Crippen MR) is 82.9 cm³/mol. The van der Waals surface area contributed by atoms with Crippen LogP contribution < -0.4 is 4.74 Å². The highest BCUT2D eigenvalue weighted by atomic mass is 19.1. The lowest BCUT2D eigenvalue weighted by Crippen LogP contribution is -2.35. The van der Waals surface area contributed by atoms with Crippen molar-refractivity contribution in [3.8, 4) is 16.9 Å². The smallest absolute Gasteiger partial charge is 0.133 e. The third-order valence-electron chi connectivity index (χ3n) is 4.09. The standard InChI is InChI=1S/C18H18F3NO/c1-22-7-5-14(6-8-22)23-15-10-12(9-13(19)11-15)18-16(20)3-2-4-17(18)21/h2-4,9-11,14H,5-8H2,1H3. The first kappa shape index (κ1) is 15.9. The Kier molecular flexibility index (Phi) is 4.57. The van der Waals surface area contributed by atoms with E-state index in [0.717, 1.165) is 44.1 Å². The third-order valence-corrected chi connectivity index (χ3v) is 4.09. The molecule has 2 nitrogen and oxygen atoms in total. The van der Waals surface area contributed by atoms with Crippen LogP contribution in [-0.4, -0.2) is 31.1 Å². The minimum atomic E-state index is -0.721. The molecule has 122 valence electrons. The van der Waals surface area contributed by atoms with Crippen molar-refractivity contribution in [1.82, 2.24) is 4.90 Å². The monoisotopic (exact) mass is 321 g/mol. The van der Waals surface area contributed by atoms with E-state index in [4.69, 9.17) is 4.74 Å². The molecule has 0 aliphatic carbocycles. The topological polar surface area (TPSA) is 12.5 Å². The molecule has 3 rings (SSSR count). The second-order valence-corrected chi connectivity index (χ2v) is 5.89. The van der Waals surface area contributed by atoms with Crippen molar-refractivity contribution in [2.75, 3.05) is 20.1 Å². The number of hydrogen-bond acceptors (Lipinski definition) is 2. The number of rotatable bonds is 3. The van der Waals surface area contributed by atoms with Gasteiger partial charge in [-0.25, -0.2) is 13.2 Å². The highest BCUT2D eigenvalue weighted by molar-refractivity contribution is 5.66. The Morgan fingerprint density at radius 2 is 1.65 bits per heavy atom. The lowest BCUT2D eigenvalue weighted by molar-refractivity contribution is 0.114. The van der Waals surface area contributed by atoms with Gasteiger partial charge >= 0.3 is 0 Å². The van der Waals surface area contributed by atoms with Crippen molar-refractivity contribution >= 4 is 0 Å². The van der Waals surface area contributed by atoms with Gasteiger partial charge in [-0.3, -0.25) is 0 Å². The molecule has 1 aliphatic heterocycles. The Hall–Kier alpha value is -2.01. The van der Waals surface area contributed by atoms with Gasteiger partial charge < -0.3 is 9.64 Å². The number of nitrogens with zero attached hydrogens (tertiary/aromatic N) is 1. The number of benzene rings is 2. The van der Waals surface area contributed by atoms with E-state index in [1.54, 1.807) is 0 Å². The Morgan fingerprint density at radius 3 is 2.30 bits per heavy atom. The lowest BCUT2D eigenvalue weighted by Gasteiger charge is -2.29. The second kappa shape index (κ2) is 6.62. The maximum absolute atomic E-state index is 13.9. The maximum atomic E-state index is 13.9. The number of hydrogen-bond donors (Lipinski definition) is 0. The summed E-state index contributed by atoms with van der Waals surface area (Å²) < 4.78 is 47.5. The number of ether oxygens (including phenoxy) is 1. The first-order valence-electron chi connectivity index (χ1n) is 7.63. The molecule has 2 aromatic rings. The molecule has 0 amide bonds. The Labute approximate surface area is 133 Å². The molecule has 1 aliphatic rings. The molecule has 1 fully saturated rings. The predicted octanol–water partition coefficient (Wildman–Crippen LogP) is 4.24. The number of halogens is 3. The van der Waals surface area contributed by atoms with Crippen LogP contribution in [-0.2, 0) is 0 Å². The van der Waals surface area contributed by atoms with Crippen molar-refractivity contribution < 1.29 is 17.9 Å². The normalized spacial score (nSPS) is 16.5. The summed E-state index contributed by atoms with van der Waals surface area (Å²) in [6, 6.07) is 7.44. The van der Waals surface area contributed by atoms with Crippen LogP contribution in [0.25, 0.3) is 11.1 Å². The molecule has 5 heteroatoms. The lowest BCUT2D eigenvalue weighted by atomic mass is 10.0. The van der Waals surface area contributed by atoms with E-state index in [-0.39, 0.29) is 17.2 Å². The van der Waals surface area contributed by atoms with E-state index in [1.165, 1.54) is 18.2 Å². The van der Waals surface area contributed by atoms with Gasteiger partial charge in [0.1, 0.15) is 29.3 Å². The molecule has 0 radical (unpaired) electrons. The van der Waals surface area contributed by atoms with Crippen molar-refractivity contribution in [1.29, 1.82) is 0 Å². The SMILES string of the molecule is CN1CCC(Oc2cc(F)cc(-c3c(F)cccc3F)c2)CC1. The van der Waals surface area contributed by atoms with Gasteiger partial charge in [0.15, 0.2) is 0 Å². The Balaban J connectivity index is 1.88. The van der Waals surface area contributed by atoms with Crippen molar-refractivity contribution in [3.63, 3.8) is 0 Å². The second-order valence-electron chi connectivity index (χ2n) is 5.89. The minimum Gasteiger partial charge on any atom is -0.490 e. The van der Waals surface area contributed by atoms with E-state index in [2.05, 4.69) is 4.90 Å². The van der Waals surface area contributed by atoms with Gasteiger partial charge in [0, 0.05) is 19.2 Å². The Morgan fingerprint density at radius 1 is 1.00 bits per heavy atom. The van der Waals surface area contributed by atoms with Crippen LogP contribution >= 0.6 is 0 Å². The molecule has 23 heavy (non-hydrogen) atoms. The summed E-state index contributed by atoms with van der Waals surface area (Å²) in [5.41, 5.74) is -0.0937. The summed E-state index contributed by atoms with van der Waals surface area (Å²) in [6.45, 7) is 1.82. The van der Waals surface area contributed by atoms with Crippen LogP contribution in [0.4, 0.5) is 13.2 Å². The average Bonchev–Trinajstić information content (AvgIpc) is 2.49. The van der Waals surface area contributed by atoms with Gasteiger partial charge in [0.05, 0.1) is 5.56 Å². The number of piperidine rings is 1. The zero-order valence-corrected chi connectivity index (χ0v) is 12.9. The molecule has 0 aromatic heterocycles. The largest absolute Gasteiger partial charge is 0.490 e. The molecule has 2 aromatic carbocycles. The molecule has 1 heterocycles. The minimum absolute atomic E-state index is 0.00804. The first-order chi connectivity index (χ1) is 11.0. The summed E-state index contributed by atoms with van der Waals surface area (Å²) in [4.78, 5) is 2.20. The molecular formula is C18H18F3NO. The summed E-state index contributed by atoms with van der Waals surface area (Å²) in [5.74, 6) is -1.72. The van der Waals surface area contributed by atoms with E-state index < -0.39 is 17.5 Å². The first-order valence-corrected chi connectivity index (χ1v) is 7.63. The van der Waals surface area contributed by atoms with Gasteiger partial charge in [-0.2, -0.15) is 0 Å². The molecule has 0 N–H and O–H groups in total. The zero-order chi connectivity index (χ0) is 16.4. The number of likely N-dealkylation sites (tertiary alicyclic amines) is 1. The van der Waals surface area contributed by atoms with Gasteiger partial charge in [-0.15, -0.1) is 0 Å². The summed E-state index contributed by atoms with van der Waals surface area (Å²) in [6.07, 6.45) is 1.68. The summed E-state index contributed by atoms with van der Waals surface area (Å²) in [7, 11) is 2.04. The van der Waals surface area contributed by atoms with Gasteiger partial charge in [-0.1, -0.05) is 6.07 Å². The Bertz CT molecular complexity index is 676. The van der Waals surface area contributed by atoms with Crippen molar-refractivity contribution in [3.05, 3.63) is 53.8 Å². The van der Waals surface area contributed by atoms with E-state index in [9.17, 15) is 13.2 Å². The van der Waals surface area contributed by atoms with E-state index >= 15 is 0 Å². The van der Waals surface area contributed by atoms with Gasteiger partial charge in [0.25, 0.3) is 0 Å². The van der Waals surface area contributed by atoms with Gasteiger partial charge in [0.2, 0.25) is 0 Å². The highest BCUT2D eigenvalue weighted by Crippen LogP contribution is 2.31. The third kappa shape index (κ3) is 3.67. The molecule has 0 spiro atoms. The van der Waals surface area contributed by atoms with Crippen LogP contribution in [0.3, 0.4) is 0 Å². The van der Waals surface area contributed by atoms with Crippen molar-refractivity contribution in [2.45, 2.75) is 18.9 Å². The van der Waals surface area contributed by atoms with Crippen molar-refractivity contribution in [2.24, 2.45) is 0 Å². The fourth-order valence-electron chi connectivity index (χ4n) is 2.84. The molecule has 0 saturated carbocycles.